The number of unbranched alkanes of at least 4 members (excludes halogenated alkanes) is 1. The fourth-order valence-electron chi connectivity index (χ4n) is 5.26. The van der Waals surface area contributed by atoms with Crippen LogP contribution in [0.25, 0.3) is 10.8 Å². The minimum Gasteiger partial charge on any atom is -0.481 e. The van der Waals surface area contributed by atoms with Gasteiger partial charge in [0.05, 0.1) is 4.90 Å². The Hall–Kier alpha value is -2.18. The quantitative estimate of drug-likeness (QED) is 0.447. The van der Waals surface area contributed by atoms with Crippen molar-refractivity contribution < 1.29 is 18.3 Å². The first-order valence-corrected chi connectivity index (χ1v) is 12.3. The number of aliphatic carboxylic acids is 1. The summed E-state index contributed by atoms with van der Waals surface area (Å²) in [4.78, 5) is 10.9. The van der Waals surface area contributed by atoms with Crippen LogP contribution in [0.4, 0.5) is 0 Å². The van der Waals surface area contributed by atoms with Gasteiger partial charge in [-0.15, -0.1) is 0 Å². The summed E-state index contributed by atoms with van der Waals surface area (Å²) in [5, 5.41) is 10.7. The van der Waals surface area contributed by atoms with E-state index in [2.05, 4.69) is 10.8 Å². The van der Waals surface area contributed by atoms with Gasteiger partial charge in [-0.2, -0.15) is 0 Å². The van der Waals surface area contributed by atoms with Gasteiger partial charge in [0.2, 0.25) is 10.0 Å². The van der Waals surface area contributed by atoms with Crippen LogP contribution in [-0.2, 0) is 14.8 Å². The van der Waals surface area contributed by atoms with Crippen molar-refractivity contribution in [1.29, 1.82) is 0 Å². The second-order valence-corrected chi connectivity index (χ2v) is 10.4. The number of hydrogen-bond acceptors (Lipinski definition) is 3. The third-order valence-electron chi connectivity index (χ3n) is 6.75. The lowest BCUT2D eigenvalue weighted by Crippen LogP contribution is -2.43. The van der Waals surface area contributed by atoms with E-state index < -0.39 is 16.0 Å². The predicted octanol–water partition coefficient (Wildman–Crippen LogP) is 4.73. The molecule has 2 bridgehead atoms. The SMILES string of the molecule is O=C(O)CCC/C=C/CC1C2CCC(C2)C1NS(=O)(=O)c1ccc2ccccc2c1. The number of carbonyl (C=O) groups is 1. The molecule has 0 radical (unpaired) electrons. The molecule has 2 aliphatic carbocycles. The van der Waals surface area contributed by atoms with Crippen molar-refractivity contribution in [3.05, 3.63) is 54.6 Å². The van der Waals surface area contributed by atoms with Crippen molar-refractivity contribution in [2.24, 2.45) is 17.8 Å². The van der Waals surface area contributed by atoms with Gasteiger partial charge in [-0.25, -0.2) is 13.1 Å². The first kappa shape index (κ1) is 21.1. The molecule has 160 valence electrons. The molecule has 4 atom stereocenters. The monoisotopic (exact) mass is 427 g/mol. The highest BCUT2D eigenvalue weighted by Gasteiger charge is 2.48. The van der Waals surface area contributed by atoms with Gasteiger partial charge < -0.3 is 5.11 Å². The second-order valence-electron chi connectivity index (χ2n) is 8.65. The zero-order valence-corrected chi connectivity index (χ0v) is 17.9. The van der Waals surface area contributed by atoms with E-state index in [0.717, 1.165) is 36.5 Å². The van der Waals surface area contributed by atoms with Crippen LogP contribution in [0.5, 0.6) is 0 Å². The molecule has 2 saturated carbocycles. The van der Waals surface area contributed by atoms with E-state index in [9.17, 15) is 13.2 Å². The van der Waals surface area contributed by atoms with Gasteiger partial charge in [0.1, 0.15) is 0 Å². The average Bonchev–Trinajstić information content (AvgIpc) is 3.32. The first-order valence-electron chi connectivity index (χ1n) is 10.8. The van der Waals surface area contributed by atoms with Crippen molar-refractivity contribution in [1.82, 2.24) is 4.72 Å². The van der Waals surface area contributed by atoms with Crippen LogP contribution >= 0.6 is 0 Å². The number of nitrogens with one attached hydrogen (secondary N) is 1. The fraction of sp³-hybridized carbons (Fsp3) is 0.458. The zero-order chi connectivity index (χ0) is 21.1. The van der Waals surface area contributed by atoms with Gasteiger partial charge in [0, 0.05) is 12.5 Å². The van der Waals surface area contributed by atoms with Gasteiger partial charge in [-0.1, -0.05) is 42.5 Å². The Bertz CT molecular complexity index is 1050. The molecule has 0 saturated heterocycles. The molecule has 2 aromatic carbocycles. The van der Waals surface area contributed by atoms with E-state index in [-0.39, 0.29) is 12.5 Å². The van der Waals surface area contributed by atoms with Gasteiger partial charge in [-0.3, -0.25) is 4.79 Å². The third kappa shape index (κ3) is 4.60. The number of allylic oxidation sites excluding steroid dienone is 2. The normalized spacial score (nSPS) is 26.0. The standard InChI is InChI=1S/C24H29NO4S/c26-23(27)10-4-2-1-3-9-22-19-11-12-20(15-19)24(22)25-30(28,29)21-14-13-17-7-5-6-8-18(17)16-21/h1,3,5-8,13-14,16,19-20,22,24-25H,2,4,9-12,15H2,(H,26,27)/b3-1+. The summed E-state index contributed by atoms with van der Waals surface area (Å²) in [5.74, 6) is 0.535. The first-order chi connectivity index (χ1) is 14.4. The Morgan fingerprint density at radius 3 is 2.63 bits per heavy atom. The molecule has 0 amide bonds. The van der Waals surface area contributed by atoms with E-state index in [1.54, 1.807) is 12.1 Å². The van der Waals surface area contributed by atoms with Crippen LogP contribution in [0.3, 0.4) is 0 Å². The van der Waals surface area contributed by atoms with Crippen molar-refractivity contribution in [3.8, 4) is 0 Å². The molecule has 0 spiro atoms. The minimum absolute atomic E-state index is 0.0242. The molecule has 5 nitrogen and oxygen atoms in total. The molecule has 0 aliphatic heterocycles. The van der Waals surface area contributed by atoms with E-state index in [1.165, 1.54) is 6.42 Å². The highest BCUT2D eigenvalue weighted by atomic mass is 32.2. The smallest absolute Gasteiger partial charge is 0.303 e. The number of sulfonamides is 1. The van der Waals surface area contributed by atoms with Gasteiger partial charge >= 0.3 is 5.97 Å². The Labute approximate surface area is 178 Å². The number of rotatable bonds is 9. The third-order valence-corrected chi connectivity index (χ3v) is 8.20. The summed E-state index contributed by atoms with van der Waals surface area (Å²) in [6, 6.07) is 13.1. The Balaban J connectivity index is 1.44. The van der Waals surface area contributed by atoms with Crippen LogP contribution in [0.1, 0.15) is 44.9 Å². The molecular formula is C24H29NO4S. The summed E-state index contributed by atoms with van der Waals surface area (Å²) < 4.78 is 29.3. The highest BCUT2D eigenvalue weighted by Crippen LogP contribution is 2.50. The maximum atomic E-state index is 13.1. The second kappa shape index (κ2) is 8.90. The Morgan fingerprint density at radius 2 is 1.83 bits per heavy atom. The summed E-state index contributed by atoms with van der Waals surface area (Å²) in [5.41, 5.74) is 0. The number of carboxylic acids is 1. The lowest BCUT2D eigenvalue weighted by molar-refractivity contribution is -0.137. The van der Waals surface area contributed by atoms with Gasteiger partial charge in [0.25, 0.3) is 0 Å². The number of benzene rings is 2. The molecule has 2 fully saturated rings. The summed E-state index contributed by atoms with van der Waals surface area (Å²) >= 11 is 0. The highest BCUT2D eigenvalue weighted by molar-refractivity contribution is 7.89. The number of hydrogen-bond donors (Lipinski definition) is 2. The van der Waals surface area contributed by atoms with Crippen LogP contribution < -0.4 is 4.72 Å². The summed E-state index contributed by atoms with van der Waals surface area (Å²) in [6.07, 6.45) is 9.95. The van der Waals surface area contributed by atoms with Crippen LogP contribution in [0.2, 0.25) is 0 Å². The molecule has 0 heterocycles. The minimum atomic E-state index is -3.58. The maximum absolute atomic E-state index is 13.1. The molecule has 4 rings (SSSR count). The van der Waals surface area contributed by atoms with Crippen LogP contribution in [0.15, 0.2) is 59.5 Å². The molecule has 2 aromatic rings. The topological polar surface area (TPSA) is 83.5 Å². The van der Waals surface area contributed by atoms with E-state index in [0.29, 0.717) is 29.1 Å². The average molecular weight is 428 g/mol. The molecule has 0 aromatic heterocycles. The lowest BCUT2D eigenvalue weighted by Gasteiger charge is -2.31. The predicted molar refractivity (Wildman–Crippen MR) is 118 cm³/mol. The van der Waals surface area contributed by atoms with Crippen molar-refractivity contribution in [2.75, 3.05) is 0 Å². The summed E-state index contributed by atoms with van der Waals surface area (Å²) in [6.45, 7) is 0. The number of carboxylic acid groups (broad SMARTS) is 1. The molecule has 30 heavy (non-hydrogen) atoms. The molecule has 6 heteroatoms. The maximum Gasteiger partial charge on any atom is 0.303 e. The van der Waals surface area contributed by atoms with Crippen molar-refractivity contribution in [2.45, 2.75) is 55.9 Å². The molecule has 2 N–H and O–H groups in total. The Morgan fingerprint density at radius 1 is 1.07 bits per heavy atom. The summed E-state index contributed by atoms with van der Waals surface area (Å²) in [7, 11) is -3.58. The van der Waals surface area contributed by atoms with Crippen molar-refractivity contribution in [3.63, 3.8) is 0 Å². The van der Waals surface area contributed by atoms with E-state index in [1.807, 2.05) is 36.4 Å². The molecule has 4 unspecified atom stereocenters. The Kier molecular flexibility index (Phi) is 6.25. The largest absolute Gasteiger partial charge is 0.481 e. The lowest BCUT2D eigenvalue weighted by atomic mass is 9.83. The van der Waals surface area contributed by atoms with Crippen LogP contribution in [-0.4, -0.2) is 25.5 Å². The van der Waals surface area contributed by atoms with E-state index in [4.69, 9.17) is 5.11 Å². The number of fused-ring (bicyclic) bond motifs is 3. The van der Waals surface area contributed by atoms with Gasteiger partial charge in [-0.05, 0) is 79.2 Å². The van der Waals surface area contributed by atoms with Gasteiger partial charge in [0.15, 0.2) is 0 Å². The molecule has 2 aliphatic rings. The zero-order valence-electron chi connectivity index (χ0n) is 17.0. The fourth-order valence-corrected chi connectivity index (χ4v) is 6.65. The van der Waals surface area contributed by atoms with Crippen LogP contribution in [0, 0.1) is 17.8 Å². The molecular weight excluding hydrogens is 398 g/mol. The van der Waals surface area contributed by atoms with Crippen molar-refractivity contribution >= 4 is 26.8 Å². The van der Waals surface area contributed by atoms with E-state index >= 15 is 0 Å².